The number of rotatable bonds is 10. The van der Waals surface area contributed by atoms with E-state index in [9.17, 15) is 20.1 Å². The molecular formula is C27H28N2O6. The summed E-state index contributed by atoms with van der Waals surface area (Å²) in [6, 6.07) is 16.2. The zero-order valence-electron chi connectivity index (χ0n) is 19.4. The van der Waals surface area contributed by atoms with Gasteiger partial charge >= 0.3 is 0 Å². The van der Waals surface area contributed by atoms with Crippen LogP contribution in [0.2, 0.25) is 0 Å². The molecular weight excluding hydrogens is 448 g/mol. The number of hydrogen-bond donors (Lipinski definition) is 5. The van der Waals surface area contributed by atoms with Crippen molar-refractivity contribution in [1.82, 2.24) is 0 Å². The van der Waals surface area contributed by atoms with Crippen molar-refractivity contribution in [2.75, 3.05) is 25.3 Å². The number of hydrogen-bond acceptors (Lipinski definition) is 8. The number of nitrogen functional groups attached to an aromatic ring is 1. The topological polar surface area (TPSA) is 134 Å². The van der Waals surface area contributed by atoms with Crippen LogP contribution >= 0.6 is 0 Å². The molecule has 8 heteroatoms. The Hall–Kier alpha value is -4.59. The fraction of sp³-hybridized carbons (Fsp3) is 0.148. The normalized spacial score (nSPS) is 12.3. The van der Waals surface area contributed by atoms with Gasteiger partial charge in [-0.25, -0.2) is 0 Å². The lowest BCUT2D eigenvalue weighted by molar-refractivity contribution is -0.115. The fourth-order valence-electron chi connectivity index (χ4n) is 3.43. The molecule has 0 heterocycles. The van der Waals surface area contributed by atoms with Crippen molar-refractivity contribution < 1.29 is 29.6 Å². The van der Waals surface area contributed by atoms with E-state index in [1.807, 2.05) is 6.07 Å². The summed E-state index contributed by atoms with van der Waals surface area (Å²) in [6.07, 6.45) is 4.10. The van der Waals surface area contributed by atoms with E-state index < -0.39 is 6.04 Å². The van der Waals surface area contributed by atoms with Crippen molar-refractivity contribution in [2.45, 2.75) is 12.5 Å². The summed E-state index contributed by atoms with van der Waals surface area (Å²) in [5.41, 5.74) is 8.59. The summed E-state index contributed by atoms with van der Waals surface area (Å²) in [4.78, 5) is 12.8. The second kappa shape index (κ2) is 11.5. The lowest BCUT2D eigenvalue weighted by atomic mass is 9.99. The molecule has 6 N–H and O–H groups in total. The second-order valence-electron chi connectivity index (χ2n) is 7.72. The van der Waals surface area contributed by atoms with E-state index in [1.165, 1.54) is 32.4 Å². The molecule has 35 heavy (non-hydrogen) atoms. The van der Waals surface area contributed by atoms with E-state index in [0.29, 0.717) is 28.3 Å². The van der Waals surface area contributed by atoms with Crippen LogP contribution in [0.4, 0.5) is 11.4 Å². The molecule has 0 saturated carbocycles. The number of carbonyl (C=O) groups excluding carboxylic acids is 1. The lowest BCUT2D eigenvalue weighted by Gasteiger charge is -2.21. The number of nitrogens with two attached hydrogens (primary N) is 1. The predicted octanol–water partition coefficient (Wildman–Crippen LogP) is 4.96. The van der Waals surface area contributed by atoms with Crippen LogP contribution in [0, 0.1) is 0 Å². The lowest BCUT2D eigenvalue weighted by Crippen LogP contribution is -2.16. The zero-order chi connectivity index (χ0) is 25.4. The molecule has 0 bridgehead atoms. The summed E-state index contributed by atoms with van der Waals surface area (Å²) in [7, 11) is 2.88. The molecule has 1 unspecified atom stereocenters. The zero-order valence-corrected chi connectivity index (χ0v) is 19.4. The average Bonchev–Trinajstić information content (AvgIpc) is 2.84. The maximum atomic E-state index is 12.8. The number of allylic oxidation sites excluding steroid dienone is 2. The Morgan fingerprint density at radius 3 is 2.34 bits per heavy atom. The van der Waals surface area contributed by atoms with Crippen molar-refractivity contribution in [3.8, 4) is 23.0 Å². The van der Waals surface area contributed by atoms with Gasteiger partial charge in [-0.3, -0.25) is 4.79 Å². The minimum Gasteiger partial charge on any atom is -0.508 e. The molecule has 0 aliphatic heterocycles. The summed E-state index contributed by atoms with van der Waals surface area (Å²) < 4.78 is 10.3. The Morgan fingerprint density at radius 2 is 1.66 bits per heavy atom. The second-order valence-corrected chi connectivity index (χ2v) is 7.72. The van der Waals surface area contributed by atoms with Crippen LogP contribution in [0.1, 0.15) is 23.6 Å². The summed E-state index contributed by atoms with van der Waals surface area (Å²) >= 11 is 0. The molecule has 1 atom stereocenters. The van der Waals surface area contributed by atoms with E-state index in [0.717, 1.165) is 6.08 Å². The standard InChI is InChI=1S/C27H28N2O6/c1-34-26-13-17(8-11-24(26)32)7-10-19(30)15-20(31)16-23(29-22-6-4-3-5-21(22)28)18-9-12-25(33)27(14-18)35-2/h3-15,23,29-30,32-33H,16,28H2,1-2H3/b10-7+,19-15-. The first-order chi connectivity index (χ1) is 16.8. The number of ketones is 1. The quantitative estimate of drug-likeness (QED) is 0.120. The first kappa shape index (κ1) is 25.0. The average molecular weight is 477 g/mol. The van der Waals surface area contributed by atoms with Crippen molar-refractivity contribution >= 4 is 23.2 Å². The van der Waals surface area contributed by atoms with Crippen molar-refractivity contribution in [3.05, 3.63) is 89.7 Å². The van der Waals surface area contributed by atoms with Gasteiger partial charge < -0.3 is 35.8 Å². The van der Waals surface area contributed by atoms with Gasteiger partial charge in [0, 0.05) is 12.5 Å². The molecule has 0 radical (unpaired) electrons. The number of aliphatic hydroxyl groups is 1. The number of phenols is 2. The van der Waals surface area contributed by atoms with Gasteiger partial charge in [-0.15, -0.1) is 0 Å². The number of nitrogens with one attached hydrogen (secondary N) is 1. The fourth-order valence-corrected chi connectivity index (χ4v) is 3.43. The minimum atomic E-state index is -0.518. The highest BCUT2D eigenvalue weighted by Crippen LogP contribution is 2.33. The molecule has 3 aromatic carbocycles. The first-order valence-corrected chi connectivity index (χ1v) is 10.8. The minimum absolute atomic E-state index is 0.00282. The molecule has 3 rings (SSSR count). The predicted molar refractivity (Wildman–Crippen MR) is 136 cm³/mol. The number of methoxy groups -OCH3 is 2. The number of phenolic OH excluding ortho intramolecular Hbond substituents is 2. The van der Waals surface area contributed by atoms with E-state index in [4.69, 9.17) is 15.2 Å². The first-order valence-electron chi connectivity index (χ1n) is 10.8. The molecule has 182 valence electrons. The Balaban J connectivity index is 1.81. The van der Waals surface area contributed by atoms with Crippen LogP contribution in [-0.2, 0) is 4.79 Å². The largest absolute Gasteiger partial charge is 0.508 e. The van der Waals surface area contributed by atoms with Gasteiger partial charge in [0.25, 0.3) is 0 Å². The Bertz CT molecular complexity index is 1250. The van der Waals surface area contributed by atoms with E-state index in [2.05, 4.69) is 5.32 Å². The third-order valence-electron chi connectivity index (χ3n) is 5.26. The summed E-state index contributed by atoms with van der Waals surface area (Å²) in [5, 5.41) is 33.2. The highest BCUT2D eigenvalue weighted by Gasteiger charge is 2.18. The van der Waals surface area contributed by atoms with Crippen LogP contribution in [0.15, 0.2) is 78.6 Å². The third kappa shape index (κ3) is 6.70. The van der Waals surface area contributed by atoms with Gasteiger partial charge in [0.2, 0.25) is 0 Å². The monoisotopic (exact) mass is 476 g/mol. The van der Waals surface area contributed by atoms with Crippen molar-refractivity contribution in [1.29, 1.82) is 0 Å². The maximum absolute atomic E-state index is 12.8. The van der Waals surface area contributed by atoms with Crippen molar-refractivity contribution in [2.24, 2.45) is 0 Å². The van der Waals surface area contributed by atoms with Crippen LogP contribution in [-0.4, -0.2) is 35.3 Å². The number of ether oxygens (including phenoxy) is 2. The van der Waals surface area contributed by atoms with Crippen LogP contribution < -0.4 is 20.5 Å². The molecule has 3 aromatic rings. The van der Waals surface area contributed by atoms with Gasteiger partial charge in [0.05, 0.1) is 31.6 Å². The molecule has 0 aromatic heterocycles. The van der Waals surface area contributed by atoms with Crippen LogP contribution in [0.3, 0.4) is 0 Å². The van der Waals surface area contributed by atoms with E-state index in [1.54, 1.807) is 48.5 Å². The molecule has 8 nitrogen and oxygen atoms in total. The Morgan fingerprint density at radius 1 is 1.00 bits per heavy atom. The molecule has 0 saturated heterocycles. The number of anilines is 2. The molecule has 0 aliphatic rings. The van der Waals surface area contributed by atoms with Gasteiger partial charge in [-0.2, -0.15) is 0 Å². The third-order valence-corrected chi connectivity index (χ3v) is 5.26. The van der Waals surface area contributed by atoms with Crippen molar-refractivity contribution in [3.63, 3.8) is 0 Å². The van der Waals surface area contributed by atoms with Crippen LogP contribution in [0.5, 0.6) is 23.0 Å². The molecule has 0 amide bonds. The smallest absolute Gasteiger partial charge is 0.161 e. The SMILES string of the molecule is COc1cc(/C=C/C(O)=C/C(=O)CC(Nc2ccccc2N)c2ccc(O)c(OC)c2)ccc1O. The van der Waals surface area contributed by atoms with E-state index in [-0.39, 0.29) is 35.2 Å². The number of carbonyl (C=O) groups is 1. The van der Waals surface area contributed by atoms with Gasteiger partial charge in [0.1, 0.15) is 5.76 Å². The van der Waals surface area contributed by atoms with Gasteiger partial charge in [0.15, 0.2) is 28.8 Å². The summed E-state index contributed by atoms with van der Waals surface area (Å²) in [6.45, 7) is 0. The summed E-state index contributed by atoms with van der Waals surface area (Å²) in [5.74, 6) is -0.0199. The highest BCUT2D eigenvalue weighted by atomic mass is 16.5. The molecule has 0 aliphatic carbocycles. The van der Waals surface area contributed by atoms with Gasteiger partial charge in [-0.05, 0) is 53.6 Å². The Labute approximate surface area is 203 Å². The Kier molecular flexibility index (Phi) is 8.24. The number of aliphatic hydroxyl groups excluding tert-OH is 1. The van der Waals surface area contributed by atoms with Gasteiger partial charge in [-0.1, -0.05) is 30.3 Å². The van der Waals surface area contributed by atoms with Crippen LogP contribution in [0.25, 0.3) is 6.08 Å². The number of aromatic hydroxyl groups is 2. The maximum Gasteiger partial charge on any atom is 0.161 e. The number of benzene rings is 3. The molecule has 0 spiro atoms. The number of para-hydroxylation sites is 2. The highest BCUT2D eigenvalue weighted by molar-refractivity contribution is 5.91. The van der Waals surface area contributed by atoms with E-state index >= 15 is 0 Å². The molecule has 0 fully saturated rings.